The lowest BCUT2D eigenvalue weighted by Gasteiger charge is -2.05. The van der Waals surface area contributed by atoms with Gasteiger partial charge in [0.25, 0.3) is 0 Å². The van der Waals surface area contributed by atoms with Gasteiger partial charge in [-0.15, -0.1) is 0 Å². The summed E-state index contributed by atoms with van der Waals surface area (Å²) < 4.78 is 36.0. The van der Waals surface area contributed by atoms with E-state index in [0.717, 1.165) is 17.7 Å². The Morgan fingerprint density at radius 1 is 1.18 bits per heavy atom. The number of hydrogen-bond acceptors (Lipinski definition) is 3. The number of hydrogen-bond donors (Lipinski definition) is 1. The average Bonchev–Trinajstić information content (AvgIpc) is 2.78. The second-order valence-corrected chi connectivity index (χ2v) is 3.44. The zero-order valence-corrected chi connectivity index (χ0v) is 8.95. The Labute approximate surface area is 96.8 Å². The third-order valence-corrected chi connectivity index (χ3v) is 2.32. The van der Waals surface area contributed by atoms with Crippen LogP contribution in [0.25, 0.3) is 0 Å². The summed E-state index contributed by atoms with van der Waals surface area (Å²) >= 11 is 0. The van der Waals surface area contributed by atoms with Crippen molar-refractivity contribution >= 4 is 0 Å². The van der Waals surface area contributed by atoms with Crippen molar-refractivity contribution in [3.63, 3.8) is 0 Å². The molecule has 1 aromatic carbocycles. The summed E-state index contributed by atoms with van der Waals surface area (Å²) in [6, 6.07) is 5.09. The van der Waals surface area contributed by atoms with Crippen molar-refractivity contribution in [2.45, 2.75) is 13.2 Å². The molecule has 0 aliphatic carbocycles. The molecular weight excluding hydrogens is 228 g/mol. The molecule has 5 heteroatoms. The Balaban J connectivity index is 2.05. The van der Waals surface area contributed by atoms with E-state index in [0.29, 0.717) is 12.3 Å². The van der Waals surface area contributed by atoms with Crippen LogP contribution in [-0.2, 0) is 13.2 Å². The van der Waals surface area contributed by atoms with Crippen LogP contribution in [0, 0.1) is 11.6 Å². The fourth-order valence-corrected chi connectivity index (χ4v) is 1.39. The van der Waals surface area contributed by atoms with Gasteiger partial charge in [-0.05, 0) is 18.2 Å². The molecule has 1 heterocycles. The van der Waals surface area contributed by atoms with E-state index >= 15 is 0 Å². The highest BCUT2D eigenvalue weighted by molar-refractivity contribution is 5.24. The van der Waals surface area contributed by atoms with Crippen molar-refractivity contribution in [2.75, 3.05) is 0 Å². The maximum atomic E-state index is 12.9. The van der Waals surface area contributed by atoms with Gasteiger partial charge in [0.1, 0.15) is 18.1 Å². The molecule has 0 aliphatic heterocycles. The van der Waals surface area contributed by atoms with Crippen molar-refractivity contribution in [3.05, 3.63) is 53.5 Å². The minimum absolute atomic E-state index is 0.130. The van der Waals surface area contributed by atoms with E-state index in [1.54, 1.807) is 6.07 Å². The van der Waals surface area contributed by atoms with Crippen LogP contribution in [0.15, 0.2) is 34.9 Å². The SMILES string of the molecule is NCc1ccoc1COc1ccc(F)c(F)c1. The summed E-state index contributed by atoms with van der Waals surface area (Å²) in [7, 11) is 0. The lowest BCUT2D eigenvalue weighted by atomic mass is 10.2. The second kappa shape index (κ2) is 4.97. The minimum Gasteiger partial charge on any atom is -0.486 e. The van der Waals surface area contributed by atoms with Crippen LogP contribution in [0.2, 0.25) is 0 Å². The first kappa shape index (κ1) is 11.6. The van der Waals surface area contributed by atoms with E-state index in [4.69, 9.17) is 14.9 Å². The molecule has 17 heavy (non-hydrogen) atoms. The van der Waals surface area contributed by atoms with E-state index in [1.165, 1.54) is 12.3 Å². The fourth-order valence-electron chi connectivity index (χ4n) is 1.39. The second-order valence-electron chi connectivity index (χ2n) is 3.44. The predicted molar refractivity (Wildman–Crippen MR) is 57.3 cm³/mol. The first-order valence-electron chi connectivity index (χ1n) is 5.04. The Hall–Kier alpha value is -1.88. The predicted octanol–water partition coefficient (Wildman–Crippen LogP) is 2.60. The molecule has 0 unspecified atom stereocenters. The maximum Gasteiger partial charge on any atom is 0.162 e. The van der Waals surface area contributed by atoms with Crippen molar-refractivity contribution in [1.82, 2.24) is 0 Å². The van der Waals surface area contributed by atoms with Crippen molar-refractivity contribution in [1.29, 1.82) is 0 Å². The monoisotopic (exact) mass is 239 g/mol. The molecule has 0 atom stereocenters. The molecule has 0 spiro atoms. The van der Waals surface area contributed by atoms with E-state index in [-0.39, 0.29) is 12.4 Å². The molecule has 2 N–H and O–H groups in total. The quantitative estimate of drug-likeness (QED) is 0.892. The lowest BCUT2D eigenvalue weighted by Crippen LogP contribution is -2.02. The van der Waals surface area contributed by atoms with E-state index in [9.17, 15) is 8.78 Å². The fraction of sp³-hybridized carbons (Fsp3) is 0.167. The molecule has 0 saturated heterocycles. The highest BCUT2D eigenvalue weighted by Crippen LogP contribution is 2.18. The van der Waals surface area contributed by atoms with Gasteiger partial charge in [-0.1, -0.05) is 0 Å². The molecule has 0 amide bonds. The standard InChI is InChI=1S/C12H11F2NO2/c13-10-2-1-9(5-11(10)14)17-7-12-8(6-15)3-4-16-12/h1-5H,6-7,15H2. The van der Waals surface area contributed by atoms with Gasteiger partial charge in [0.2, 0.25) is 0 Å². The molecule has 0 saturated carbocycles. The molecule has 0 fully saturated rings. The van der Waals surface area contributed by atoms with Crippen LogP contribution in [0.1, 0.15) is 11.3 Å². The van der Waals surface area contributed by atoms with Gasteiger partial charge in [0, 0.05) is 18.2 Å². The number of rotatable bonds is 4. The summed E-state index contributed by atoms with van der Waals surface area (Å²) in [6.07, 6.45) is 1.51. The maximum absolute atomic E-state index is 12.9. The van der Waals surface area contributed by atoms with Gasteiger partial charge >= 0.3 is 0 Å². The van der Waals surface area contributed by atoms with Gasteiger partial charge in [0.15, 0.2) is 11.6 Å². The van der Waals surface area contributed by atoms with Crippen LogP contribution >= 0.6 is 0 Å². The third-order valence-electron chi connectivity index (χ3n) is 2.32. The van der Waals surface area contributed by atoms with Crippen molar-refractivity contribution in [2.24, 2.45) is 5.73 Å². The van der Waals surface area contributed by atoms with E-state index in [1.807, 2.05) is 0 Å². The zero-order chi connectivity index (χ0) is 12.3. The minimum atomic E-state index is -0.944. The van der Waals surface area contributed by atoms with Gasteiger partial charge in [-0.25, -0.2) is 8.78 Å². The molecule has 90 valence electrons. The molecule has 3 nitrogen and oxygen atoms in total. The average molecular weight is 239 g/mol. The van der Waals surface area contributed by atoms with Gasteiger partial charge < -0.3 is 14.9 Å². The number of benzene rings is 1. The summed E-state index contributed by atoms with van der Waals surface area (Å²) in [6.45, 7) is 0.470. The van der Waals surface area contributed by atoms with Crippen LogP contribution in [-0.4, -0.2) is 0 Å². The number of ether oxygens (including phenoxy) is 1. The number of nitrogens with two attached hydrogens (primary N) is 1. The molecule has 2 aromatic rings. The molecule has 2 rings (SSSR count). The summed E-state index contributed by atoms with van der Waals surface area (Å²) in [5.74, 6) is -1.03. The number of furan rings is 1. The van der Waals surface area contributed by atoms with E-state index < -0.39 is 11.6 Å². The lowest BCUT2D eigenvalue weighted by molar-refractivity contribution is 0.266. The van der Waals surface area contributed by atoms with Gasteiger partial charge in [-0.3, -0.25) is 0 Å². The van der Waals surface area contributed by atoms with E-state index in [2.05, 4.69) is 0 Å². The molecule has 0 radical (unpaired) electrons. The van der Waals surface area contributed by atoms with Crippen molar-refractivity contribution in [3.8, 4) is 5.75 Å². The smallest absolute Gasteiger partial charge is 0.162 e. The summed E-state index contributed by atoms with van der Waals surface area (Å²) in [5, 5.41) is 0. The molecular formula is C12H11F2NO2. The highest BCUT2D eigenvalue weighted by Gasteiger charge is 2.07. The highest BCUT2D eigenvalue weighted by atomic mass is 19.2. The Bertz CT molecular complexity index is 511. The van der Waals surface area contributed by atoms with Gasteiger partial charge in [0.05, 0.1) is 6.26 Å². The molecule has 1 aromatic heterocycles. The van der Waals surface area contributed by atoms with Crippen LogP contribution in [0.5, 0.6) is 5.75 Å². The Morgan fingerprint density at radius 2 is 2.00 bits per heavy atom. The molecule has 0 aliphatic rings. The Kier molecular flexibility index (Phi) is 3.39. The van der Waals surface area contributed by atoms with Crippen LogP contribution in [0.3, 0.4) is 0 Å². The third kappa shape index (κ3) is 2.62. The number of halogens is 2. The van der Waals surface area contributed by atoms with Crippen LogP contribution < -0.4 is 10.5 Å². The molecule has 0 bridgehead atoms. The summed E-state index contributed by atoms with van der Waals surface area (Å²) in [4.78, 5) is 0. The normalized spacial score (nSPS) is 10.5. The zero-order valence-electron chi connectivity index (χ0n) is 8.95. The van der Waals surface area contributed by atoms with Gasteiger partial charge in [-0.2, -0.15) is 0 Å². The largest absolute Gasteiger partial charge is 0.486 e. The Morgan fingerprint density at radius 3 is 2.71 bits per heavy atom. The van der Waals surface area contributed by atoms with Crippen molar-refractivity contribution < 1.29 is 17.9 Å². The first-order valence-corrected chi connectivity index (χ1v) is 5.04. The topological polar surface area (TPSA) is 48.4 Å². The first-order chi connectivity index (χ1) is 8.20. The summed E-state index contributed by atoms with van der Waals surface area (Å²) in [5.41, 5.74) is 6.31. The van der Waals surface area contributed by atoms with Crippen LogP contribution in [0.4, 0.5) is 8.78 Å².